The van der Waals surface area contributed by atoms with E-state index in [0.717, 1.165) is 38.5 Å². The van der Waals surface area contributed by atoms with E-state index in [4.69, 9.17) is 18.9 Å². The Morgan fingerprint density at radius 1 is 0.529 bits per heavy atom. The second-order valence-electron chi connectivity index (χ2n) is 14.8. The molecule has 1 saturated heterocycles. The third-order valence-corrected chi connectivity index (χ3v) is 9.99. The summed E-state index contributed by atoms with van der Waals surface area (Å²) in [5, 5.41) is 39.9. The van der Waals surface area contributed by atoms with Crippen LogP contribution in [0, 0.1) is 0 Å². The van der Waals surface area contributed by atoms with Crippen LogP contribution in [0.25, 0.3) is 0 Å². The molecule has 0 bridgehead atoms. The molecule has 51 heavy (non-hydrogen) atoms. The van der Waals surface area contributed by atoms with Crippen molar-refractivity contribution in [3.8, 4) is 0 Å². The number of hydrogen-bond donors (Lipinski definition) is 4. The number of hydrogen-bond acceptors (Lipinski definition) is 10. The van der Waals surface area contributed by atoms with E-state index in [2.05, 4.69) is 13.8 Å². The lowest BCUT2D eigenvalue weighted by Crippen LogP contribution is -2.59. The van der Waals surface area contributed by atoms with E-state index in [9.17, 15) is 30.0 Å². The fourth-order valence-electron chi connectivity index (χ4n) is 6.60. The summed E-state index contributed by atoms with van der Waals surface area (Å²) in [5.41, 5.74) is 0. The molecule has 10 nitrogen and oxygen atoms in total. The zero-order valence-corrected chi connectivity index (χ0v) is 32.6. The van der Waals surface area contributed by atoms with E-state index >= 15 is 0 Å². The predicted molar refractivity (Wildman–Crippen MR) is 201 cm³/mol. The van der Waals surface area contributed by atoms with Crippen LogP contribution < -0.4 is 0 Å². The van der Waals surface area contributed by atoms with E-state index in [0.29, 0.717) is 6.42 Å². The minimum atomic E-state index is -1.59. The number of aliphatic hydroxyl groups is 4. The lowest BCUT2D eigenvalue weighted by Gasteiger charge is -2.39. The van der Waals surface area contributed by atoms with Gasteiger partial charge in [0.15, 0.2) is 12.4 Å². The van der Waals surface area contributed by atoms with Gasteiger partial charge in [-0.05, 0) is 12.8 Å². The van der Waals surface area contributed by atoms with Gasteiger partial charge >= 0.3 is 11.9 Å². The zero-order chi connectivity index (χ0) is 37.4. The average molecular weight is 731 g/mol. The highest BCUT2D eigenvalue weighted by Crippen LogP contribution is 2.23. The monoisotopic (exact) mass is 731 g/mol. The number of aliphatic hydroxyl groups excluding tert-OH is 4. The summed E-state index contributed by atoms with van der Waals surface area (Å²) in [6.45, 7) is 3.40. The van der Waals surface area contributed by atoms with Crippen molar-refractivity contribution in [1.82, 2.24) is 0 Å². The third-order valence-electron chi connectivity index (χ3n) is 9.99. The van der Waals surface area contributed by atoms with Crippen molar-refractivity contribution in [1.29, 1.82) is 0 Å². The van der Waals surface area contributed by atoms with Crippen molar-refractivity contribution in [2.75, 3.05) is 19.8 Å². The van der Waals surface area contributed by atoms with Crippen molar-refractivity contribution >= 4 is 11.9 Å². The highest BCUT2D eigenvalue weighted by Gasteiger charge is 2.44. The van der Waals surface area contributed by atoms with Crippen molar-refractivity contribution < 1.29 is 49.0 Å². The normalized spacial score (nSPS) is 21.1. The standard InChI is InChI=1S/C41H78O10/c1-3-5-7-9-11-13-14-15-16-17-18-19-20-21-22-24-26-28-30-37(44)50-34(32-48-36(43)29-27-25-23-12-10-8-6-4-2)33-49-41-40(47)39(46)38(45)35(31-42)51-41/h34-35,38-42,45-47H,3-33H2,1-2H3/t34-,35-,38+,39?,40?,41-/m1/s1. The lowest BCUT2D eigenvalue weighted by atomic mass is 9.99. The molecule has 0 aromatic heterocycles. The Balaban J connectivity index is 2.29. The predicted octanol–water partition coefficient (Wildman–Crippen LogP) is 8.22. The number of ether oxygens (including phenoxy) is 4. The molecule has 2 unspecified atom stereocenters. The van der Waals surface area contributed by atoms with Gasteiger partial charge in [0.1, 0.15) is 31.0 Å². The third kappa shape index (κ3) is 25.4. The van der Waals surface area contributed by atoms with Crippen LogP contribution in [0.1, 0.15) is 194 Å². The number of carbonyl (C=O) groups is 2. The molecule has 1 aliphatic rings. The molecule has 0 aromatic carbocycles. The van der Waals surface area contributed by atoms with Gasteiger partial charge < -0.3 is 39.4 Å². The van der Waals surface area contributed by atoms with Crippen LogP contribution in [-0.4, -0.2) is 89.0 Å². The van der Waals surface area contributed by atoms with Crippen molar-refractivity contribution in [2.24, 2.45) is 0 Å². The Bertz CT molecular complexity index is 809. The molecular formula is C41H78O10. The molecule has 10 heteroatoms. The van der Waals surface area contributed by atoms with Gasteiger partial charge in [-0.3, -0.25) is 9.59 Å². The topological polar surface area (TPSA) is 152 Å². The van der Waals surface area contributed by atoms with Gasteiger partial charge in [0.05, 0.1) is 13.2 Å². The molecule has 1 rings (SSSR count). The molecule has 6 atom stereocenters. The summed E-state index contributed by atoms with van der Waals surface area (Å²) in [5.74, 6) is -0.800. The van der Waals surface area contributed by atoms with E-state index in [1.165, 1.54) is 122 Å². The number of esters is 2. The summed E-state index contributed by atoms with van der Waals surface area (Å²) in [7, 11) is 0. The average Bonchev–Trinajstić information content (AvgIpc) is 3.13. The lowest BCUT2D eigenvalue weighted by molar-refractivity contribution is -0.305. The van der Waals surface area contributed by atoms with E-state index in [1.807, 2.05) is 0 Å². The molecule has 0 aliphatic carbocycles. The van der Waals surface area contributed by atoms with E-state index in [1.54, 1.807) is 0 Å². The molecule has 0 aromatic rings. The van der Waals surface area contributed by atoms with Crippen LogP contribution in [0.15, 0.2) is 0 Å². The van der Waals surface area contributed by atoms with Crippen LogP contribution in [-0.2, 0) is 28.5 Å². The maximum absolute atomic E-state index is 12.7. The SMILES string of the molecule is CCCCCCCCCCCCCCCCCCCCC(=O)O[C@H](COC(=O)CCCCCCCCCC)CO[C@@H]1O[C@H](CO)[C@H](O)C(O)C1O. The highest BCUT2D eigenvalue weighted by molar-refractivity contribution is 5.70. The minimum absolute atomic E-state index is 0.210. The van der Waals surface area contributed by atoms with E-state index < -0.39 is 49.4 Å². The molecular weight excluding hydrogens is 652 g/mol. The fraction of sp³-hybridized carbons (Fsp3) is 0.951. The smallest absolute Gasteiger partial charge is 0.306 e. The second kappa shape index (κ2) is 33.3. The van der Waals surface area contributed by atoms with Crippen molar-refractivity contribution in [3.63, 3.8) is 0 Å². The maximum atomic E-state index is 12.7. The highest BCUT2D eigenvalue weighted by atomic mass is 16.7. The van der Waals surface area contributed by atoms with Crippen molar-refractivity contribution in [2.45, 2.75) is 230 Å². The molecule has 0 amide bonds. The number of unbranched alkanes of at least 4 members (excludes halogenated alkanes) is 24. The van der Waals surface area contributed by atoms with E-state index in [-0.39, 0.29) is 32.0 Å². The Morgan fingerprint density at radius 2 is 0.922 bits per heavy atom. The van der Waals surface area contributed by atoms with Crippen LogP contribution >= 0.6 is 0 Å². The van der Waals surface area contributed by atoms with Crippen LogP contribution in [0.2, 0.25) is 0 Å². The largest absolute Gasteiger partial charge is 0.462 e. The van der Waals surface area contributed by atoms with Gasteiger partial charge in [0, 0.05) is 12.8 Å². The molecule has 1 fully saturated rings. The maximum Gasteiger partial charge on any atom is 0.306 e. The first-order chi connectivity index (χ1) is 24.8. The van der Waals surface area contributed by atoms with Crippen molar-refractivity contribution in [3.05, 3.63) is 0 Å². The summed E-state index contributed by atoms with van der Waals surface area (Å²) >= 11 is 0. The molecule has 0 radical (unpaired) electrons. The Hall–Kier alpha value is -1.30. The molecule has 1 aliphatic heterocycles. The molecule has 1 heterocycles. The Labute approximate surface area is 310 Å². The first-order valence-electron chi connectivity index (χ1n) is 21.1. The molecule has 0 spiro atoms. The summed E-state index contributed by atoms with van der Waals surface area (Å²) < 4.78 is 22.1. The van der Waals surface area contributed by atoms with Crippen LogP contribution in [0.4, 0.5) is 0 Å². The second-order valence-corrected chi connectivity index (χ2v) is 14.8. The summed E-state index contributed by atoms with van der Waals surface area (Å²) in [6, 6.07) is 0. The first-order valence-corrected chi connectivity index (χ1v) is 21.1. The molecule has 302 valence electrons. The number of rotatable bonds is 35. The minimum Gasteiger partial charge on any atom is -0.462 e. The Morgan fingerprint density at radius 3 is 1.33 bits per heavy atom. The number of carbonyl (C=O) groups excluding carboxylic acids is 2. The van der Waals surface area contributed by atoms with Gasteiger partial charge in [-0.15, -0.1) is 0 Å². The molecule has 0 saturated carbocycles. The van der Waals surface area contributed by atoms with Crippen LogP contribution in [0.5, 0.6) is 0 Å². The van der Waals surface area contributed by atoms with Gasteiger partial charge in [-0.25, -0.2) is 0 Å². The van der Waals surface area contributed by atoms with Gasteiger partial charge in [0.25, 0.3) is 0 Å². The first kappa shape index (κ1) is 47.7. The Kier molecular flexibility index (Phi) is 31.1. The summed E-state index contributed by atoms with van der Waals surface area (Å²) in [4.78, 5) is 25.1. The summed E-state index contributed by atoms with van der Waals surface area (Å²) in [6.07, 6.45) is 24.1. The van der Waals surface area contributed by atoms with Crippen LogP contribution in [0.3, 0.4) is 0 Å². The molecule has 4 N–H and O–H groups in total. The van der Waals surface area contributed by atoms with Gasteiger partial charge in [0.2, 0.25) is 0 Å². The fourth-order valence-corrected chi connectivity index (χ4v) is 6.60. The van der Waals surface area contributed by atoms with Gasteiger partial charge in [-0.2, -0.15) is 0 Å². The van der Waals surface area contributed by atoms with Gasteiger partial charge in [-0.1, -0.05) is 168 Å². The zero-order valence-electron chi connectivity index (χ0n) is 32.6. The quantitative estimate of drug-likeness (QED) is 0.0371.